The topological polar surface area (TPSA) is 66.1 Å². The van der Waals surface area contributed by atoms with Crippen molar-refractivity contribution in [2.75, 3.05) is 32.1 Å². The molecule has 0 spiro atoms. The van der Waals surface area contributed by atoms with Crippen molar-refractivity contribution in [3.63, 3.8) is 0 Å². The average molecular weight is 458 g/mol. The van der Waals surface area contributed by atoms with E-state index in [2.05, 4.69) is 44.3 Å². The van der Waals surface area contributed by atoms with E-state index in [0.717, 1.165) is 62.6 Å². The third-order valence-corrected chi connectivity index (χ3v) is 6.80. The largest absolute Gasteiger partial charge is 0.431 e. The molecule has 0 amide bonds. The molecule has 1 aromatic carbocycles. The average Bonchev–Trinajstić information content (AvgIpc) is 3.26. The van der Waals surface area contributed by atoms with Gasteiger partial charge in [0.1, 0.15) is 23.5 Å². The van der Waals surface area contributed by atoms with E-state index in [9.17, 15) is 13.2 Å². The molecule has 3 aromatic rings. The number of hydrogen-bond donors (Lipinski definition) is 2. The lowest BCUT2D eigenvalue weighted by molar-refractivity contribution is -0.140. The highest BCUT2D eigenvalue weighted by molar-refractivity contribution is 5.88. The summed E-state index contributed by atoms with van der Waals surface area (Å²) in [4.78, 5) is 13.1. The molecule has 6 nitrogen and oxygen atoms in total. The predicted molar refractivity (Wildman–Crippen MR) is 118 cm³/mol. The molecule has 174 valence electrons. The Morgan fingerprint density at radius 3 is 2.85 bits per heavy atom. The van der Waals surface area contributed by atoms with Crippen molar-refractivity contribution in [1.82, 2.24) is 19.9 Å². The second-order valence-corrected chi connectivity index (χ2v) is 8.93. The van der Waals surface area contributed by atoms with E-state index in [1.54, 1.807) is 0 Å². The summed E-state index contributed by atoms with van der Waals surface area (Å²) in [6.07, 6.45) is 0.696. The van der Waals surface area contributed by atoms with E-state index in [4.69, 9.17) is 4.74 Å². The van der Waals surface area contributed by atoms with Crippen LogP contribution >= 0.6 is 0 Å². The Labute approximate surface area is 190 Å². The highest BCUT2D eigenvalue weighted by atomic mass is 19.4. The number of likely N-dealkylation sites (N-methyl/N-ethyl adjacent to an activating group) is 1. The van der Waals surface area contributed by atoms with Crippen LogP contribution in [-0.4, -0.2) is 52.7 Å². The van der Waals surface area contributed by atoms with Crippen molar-refractivity contribution in [3.8, 4) is 0 Å². The second-order valence-electron chi connectivity index (χ2n) is 8.93. The highest BCUT2D eigenvalue weighted by Gasteiger charge is 2.36. The van der Waals surface area contributed by atoms with Crippen LogP contribution in [0.1, 0.15) is 42.1 Å². The second kappa shape index (κ2) is 8.84. The molecule has 2 atom stereocenters. The number of aromatic nitrogens is 3. The Morgan fingerprint density at radius 1 is 1.24 bits per heavy atom. The van der Waals surface area contributed by atoms with Crippen LogP contribution in [0, 0.1) is 18.1 Å². The monoisotopic (exact) mass is 457 g/mol. The number of nitrogens with zero attached hydrogens (tertiary/aromatic N) is 3. The van der Waals surface area contributed by atoms with Crippen LogP contribution in [0.2, 0.25) is 0 Å². The molecule has 0 radical (unpaired) electrons. The van der Waals surface area contributed by atoms with Gasteiger partial charge >= 0.3 is 6.18 Å². The van der Waals surface area contributed by atoms with Gasteiger partial charge in [0.25, 0.3) is 0 Å². The first kappa shape index (κ1) is 22.0. The van der Waals surface area contributed by atoms with Gasteiger partial charge in [-0.3, -0.25) is 0 Å². The number of ether oxygens (including phenoxy) is 1. The molecular formula is C24H26F3N5O. The van der Waals surface area contributed by atoms with Crippen LogP contribution in [0.15, 0.2) is 24.5 Å². The Morgan fingerprint density at radius 2 is 2.06 bits per heavy atom. The van der Waals surface area contributed by atoms with Crippen molar-refractivity contribution in [1.29, 1.82) is 0 Å². The van der Waals surface area contributed by atoms with Gasteiger partial charge in [-0.25, -0.2) is 9.97 Å². The first-order chi connectivity index (χ1) is 15.9. The van der Waals surface area contributed by atoms with E-state index >= 15 is 0 Å². The fourth-order valence-corrected chi connectivity index (χ4v) is 5.07. The maximum atomic E-state index is 13.3. The van der Waals surface area contributed by atoms with Crippen LogP contribution in [-0.2, 0) is 17.3 Å². The van der Waals surface area contributed by atoms with Gasteiger partial charge in [-0.05, 0) is 62.4 Å². The Balaban J connectivity index is 1.47. The lowest BCUT2D eigenvalue weighted by Gasteiger charge is -2.41. The smallest absolute Gasteiger partial charge is 0.381 e. The molecule has 2 aliphatic rings. The number of rotatable bonds is 5. The number of aromatic amines is 1. The molecule has 1 fully saturated rings. The lowest BCUT2D eigenvalue weighted by Crippen LogP contribution is -2.45. The summed E-state index contributed by atoms with van der Waals surface area (Å²) >= 11 is 0. The third-order valence-electron chi connectivity index (χ3n) is 6.80. The van der Waals surface area contributed by atoms with Crippen molar-refractivity contribution >= 4 is 16.9 Å². The van der Waals surface area contributed by atoms with Gasteiger partial charge < -0.3 is 19.9 Å². The predicted octanol–water partition coefficient (Wildman–Crippen LogP) is 4.40. The number of halogens is 3. The minimum atomic E-state index is -4.48. The van der Waals surface area contributed by atoms with Crippen LogP contribution in [0.25, 0.3) is 11.0 Å². The molecule has 2 aromatic heterocycles. The van der Waals surface area contributed by atoms with Gasteiger partial charge in [0, 0.05) is 31.4 Å². The maximum absolute atomic E-state index is 13.3. The zero-order valence-electron chi connectivity index (χ0n) is 18.4. The standard InChI is InChI=1S/C24H26F3N5O/c1-32(13-15-8-10-33-11-9-15)19-7-6-16-4-2-3-5-17(16)21(19)31-23-18-12-20(24(25,26)27)30-22(18)28-14-29-23/h3,5,12,14-15,19,21H,6-11,13H2,1H3,(H2,28,29,30,31)/t19-,21-/m0/s1. The molecule has 33 heavy (non-hydrogen) atoms. The molecule has 3 heterocycles. The summed E-state index contributed by atoms with van der Waals surface area (Å²) < 4.78 is 45.3. The Bertz CT molecular complexity index is 1110. The van der Waals surface area contributed by atoms with E-state index in [1.807, 2.05) is 12.1 Å². The maximum Gasteiger partial charge on any atom is 0.431 e. The van der Waals surface area contributed by atoms with E-state index in [0.29, 0.717) is 17.1 Å². The minimum Gasteiger partial charge on any atom is -0.381 e. The van der Waals surface area contributed by atoms with Gasteiger partial charge in [0.2, 0.25) is 0 Å². The summed E-state index contributed by atoms with van der Waals surface area (Å²) in [6, 6.07) is 11.2. The SMILES string of the molecule is CN(CC1CCOCC1)[C@H]1CCc2c#cccc2[C@@H]1Nc1ncnc2[nH]c(C(F)(F)F)cc12. The van der Waals surface area contributed by atoms with E-state index in [-0.39, 0.29) is 17.7 Å². The molecule has 1 saturated heterocycles. The number of anilines is 1. The number of H-pyrrole nitrogens is 1. The van der Waals surface area contributed by atoms with Gasteiger partial charge in [-0.2, -0.15) is 13.2 Å². The fourth-order valence-electron chi connectivity index (χ4n) is 5.07. The molecule has 0 bridgehead atoms. The number of nitrogens with one attached hydrogen (secondary N) is 2. The molecule has 5 rings (SSSR count). The first-order valence-electron chi connectivity index (χ1n) is 11.3. The fraction of sp³-hybridized carbons (Fsp3) is 0.500. The quantitative estimate of drug-likeness (QED) is 0.595. The van der Waals surface area contributed by atoms with Crippen LogP contribution in [0.5, 0.6) is 0 Å². The zero-order valence-corrected chi connectivity index (χ0v) is 18.4. The highest BCUT2D eigenvalue weighted by Crippen LogP contribution is 2.37. The van der Waals surface area contributed by atoms with Gasteiger partial charge in [-0.1, -0.05) is 12.1 Å². The van der Waals surface area contributed by atoms with Crippen LogP contribution < -0.4 is 5.32 Å². The van der Waals surface area contributed by atoms with Gasteiger partial charge in [0.05, 0.1) is 11.4 Å². The van der Waals surface area contributed by atoms with Crippen LogP contribution in [0.4, 0.5) is 19.0 Å². The summed E-state index contributed by atoms with van der Waals surface area (Å²) in [5, 5.41) is 3.80. The molecule has 9 heteroatoms. The Hall–Kier alpha value is -2.83. The lowest BCUT2D eigenvalue weighted by atomic mass is 9.83. The zero-order chi connectivity index (χ0) is 23.0. The number of alkyl halides is 3. The summed E-state index contributed by atoms with van der Waals surface area (Å²) in [5.74, 6) is 0.966. The van der Waals surface area contributed by atoms with E-state index < -0.39 is 11.9 Å². The molecule has 1 aliphatic heterocycles. The normalized spacial score (nSPS) is 21.7. The molecule has 0 saturated carbocycles. The summed E-state index contributed by atoms with van der Waals surface area (Å²) in [5.41, 5.74) is 1.50. The molecular weight excluding hydrogens is 431 g/mol. The first-order valence-corrected chi connectivity index (χ1v) is 11.3. The molecule has 1 aliphatic carbocycles. The van der Waals surface area contributed by atoms with Crippen molar-refractivity contribution in [2.24, 2.45) is 5.92 Å². The Kier molecular flexibility index (Phi) is 5.89. The van der Waals surface area contributed by atoms with Gasteiger partial charge in [0.15, 0.2) is 0 Å². The summed E-state index contributed by atoms with van der Waals surface area (Å²) in [6.45, 7) is 2.55. The van der Waals surface area contributed by atoms with Gasteiger partial charge in [-0.15, -0.1) is 0 Å². The van der Waals surface area contributed by atoms with Crippen molar-refractivity contribution in [3.05, 3.63) is 53.5 Å². The molecule has 0 unspecified atom stereocenters. The number of hydrogen-bond acceptors (Lipinski definition) is 5. The summed E-state index contributed by atoms with van der Waals surface area (Å²) in [7, 11) is 2.13. The molecule has 2 N–H and O–H groups in total. The third kappa shape index (κ3) is 4.50. The number of fused-ring (bicyclic) bond motifs is 2. The van der Waals surface area contributed by atoms with Crippen molar-refractivity contribution < 1.29 is 17.9 Å². The van der Waals surface area contributed by atoms with E-state index in [1.165, 1.54) is 6.33 Å². The van der Waals surface area contributed by atoms with Crippen LogP contribution in [0.3, 0.4) is 0 Å². The van der Waals surface area contributed by atoms with Crippen molar-refractivity contribution in [2.45, 2.75) is 43.9 Å². The minimum absolute atomic E-state index is 0.147.